The lowest BCUT2D eigenvalue weighted by Gasteiger charge is -2.22. The molecular weight excluding hydrogens is 386 g/mol. The van der Waals surface area contributed by atoms with E-state index in [2.05, 4.69) is 59.0 Å². The first kappa shape index (κ1) is 23.1. The normalized spacial score (nSPS) is 12.1. The number of benzene rings is 2. The zero-order chi connectivity index (χ0) is 22.1. The van der Waals surface area contributed by atoms with E-state index in [9.17, 15) is 17.8 Å². The van der Waals surface area contributed by atoms with Crippen molar-refractivity contribution in [1.82, 2.24) is 0 Å². The fourth-order valence-electron chi connectivity index (χ4n) is 3.37. The lowest BCUT2D eigenvalue weighted by molar-refractivity contribution is 0.102. The van der Waals surface area contributed by atoms with Crippen LogP contribution in [0.3, 0.4) is 0 Å². The van der Waals surface area contributed by atoms with Gasteiger partial charge in [0.05, 0.1) is 4.90 Å². The van der Waals surface area contributed by atoms with Crippen LogP contribution in [0.2, 0.25) is 0 Å². The number of nitrogens with one attached hydrogen (secondary N) is 1. The standard InChI is InChI=1S/C23H31NO4S/c1-13(2)17-10-19(14(3)4)22(20(11-17)15(5)6)23(25)24-18-9-8-16(7)21(12-18)29(26,27)28/h8-15H,1-7H3,(H,24,25)(H,26,27,28). The van der Waals surface area contributed by atoms with Gasteiger partial charge in [0.15, 0.2) is 0 Å². The second kappa shape index (κ2) is 8.67. The van der Waals surface area contributed by atoms with Crippen LogP contribution in [0.25, 0.3) is 0 Å². The van der Waals surface area contributed by atoms with E-state index in [4.69, 9.17) is 0 Å². The summed E-state index contributed by atoms with van der Waals surface area (Å²) in [6.45, 7) is 14.1. The van der Waals surface area contributed by atoms with Crippen molar-refractivity contribution < 1.29 is 17.8 Å². The maximum absolute atomic E-state index is 13.3. The van der Waals surface area contributed by atoms with Gasteiger partial charge in [0.25, 0.3) is 16.0 Å². The van der Waals surface area contributed by atoms with Crippen molar-refractivity contribution in [3.8, 4) is 0 Å². The van der Waals surface area contributed by atoms with Gasteiger partial charge in [-0.05, 0) is 59.1 Å². The SMILES string of the molecule is Cc1ccc(NC(=O)c2c(C(C)C)cc(C(C)C)cc2C(C)C)cc1S(=O)(=O)O. The minimum Gasteiger partial charge on any atom is -0.322 e. The smallest absolute Gasteiger partial charge is 0.294 e. The Morgan fingerprint density at radius 3 is 1.83 bits per heavy atom. The third-order valence-corrected chi connectivity index (χ3v) is 6.08. The van der Waals surface area contributed by atoms with Crippen LogP contribution < -0.4 is 5.32 Å². The average Bonchev–Trinajstić information content (AvgIpc) is 2.60. The lowest BCUT2D eigenvalue weighted by atomic mass is 9.84. The molecule has 2 aromatic rings. The molecule has 0 heterocycles. The minimum atomic E-state index is -4.37. The second-order valence-electron chi connectivity index (χ2n) is 8.45. The zero-order valence-corrected chi connectivity index (χ0v) is 19.0. The summed E-state index contributed by atoms with van der Waals surface area (Å²) in [5.41, 5.74) is 4.51. The summed E-state index contributed by atoms with van der Waals surface area (Å²) in [6.07, 6.45) is 0. The molecule has 0 unspecified atom stereocenters. The highest BCUT2D eigenvalue weighted by Gasteiger charge is 2.23. The van der Waals surface area contributed by atoms with Gasteiger partial charge in [0, 0.05) is 11.3 Å². The summed E-state index contributed by atoms with van der Waals surface area (Å²) in [5, 5.41) is 2.82. The monoisotopic (exact) mass is 417 g/mol. The largest absolute Gasteiger partial charge is 0.322 e. The quantitative estimate of drug-likeness (QED) is 0.576. The van der Waals surface area contributed by atoms with E-state index in [-0.39, 0.29) is 22.6 Å². The summed E-state index contributed by atoms with van der Waals surface area (Å²) in [5.74, 6) is 0.367. The molecule has 29 heavy (non-hydrogen) atoms. The van der Waals surface area contributed by atoms with Crippen LogP contribution in [0, 0.1) is 6.92 Å². The van der Waals surface area contributed by atoms with Gasteiger partial charge in [0.2, 0.25) is 0 Å². The van der Waals surface area contributed by atoms with E-state index in [1.165, 1.54) is 11.6 Å². The van der Waals surface area contributed by atoms with Crippen molar-refractivity contribution >= 4 is 21.7 Å². The first-order chi connectivity index (χ1) is 13.3. The molecule has 0 aliphatic heterocycles. The Kier molecular flexibility index (Phi) is 6.91. The fraction of sp³-hybridized carbons (Fsp3) is 0.435. The number of hydrogen-bond acceptors (Lipinski definition) is 3. The van der Waals surface area contributed by atoms with Gasteiger partial charge in [-0.2, -0.15) is 8.42 Å². The number of hydrogen-bond donors (Lipinski definition) is 2. The maximum Gasteiger partial charge on any atom is 0.294 e. The highest BCUT2D eigenvalue weighted by Crippen LogP contribution is 2.33. The van der Waals surface area contributed by atoms with Crippen molar-refractivity contribution in [2.24, 2.45) is 0 Å². The number of carbonyl (C=O) groups is 1. The van der Waals surface area contributed by atoms with E-state index in [0.29, 0.717) is 22.7 Å². The first-order valence-corrected chi connectivity index (χ1v) is 11.3. The molecular formula is C23H31NO4S. The second-order valence-corrected chi connectivity index (χ2v) is 9.84. The summed E-state index contributed by atoms with van der Waals surface area (Å²) in [7, 11) is -4.37. The van der Waals surface area contributed by atoms with E-state index < -0.39 is 10.1 Å². The van der Waals surface area contributed by atoms with Crippen molar-refractivity contribution in [3.05, 3.63) is 58.1 Å². The van der Waals surface area contributed by atoms with Crippen LogP contribution >= 0.6 is 0 Å². The van der Waals surface area contributed by atoms with Gasteiger partial charge >= 0.3 is 0 Å². The zero-order valence-electron chi connectivity index (χ0n) is 18.2. The Labute approximate surface area is 174 Å². The Bertz CT molecular complexity index is 992. The highest BCUT2D eigenvalue weighted by molar-refractivity contribution is 7.85. The van der Waals surface area contributed by atoms with Gasteiger partial charge < -0.3 is 5.32 Å². The molecule has 2 N–H and O–H groups in total. The van der Waals surface area contributed by atoms with Crippen molar-refractivity contribution in [2.75, 3.05) is 5.32 Å². The third kappa shape index (κ3) is 5.25. The van der Waals surface area contributed by atoms with E-state index in [1.54, 1.807) is 19.1 Å². The summed E-state index contributed by atoms with van der Waals surface area (Å²) in [4.78, 5) is 13.1. The number of carbonyl (C=O) groups excluding carboxylic acids is 1. The van der Waals surface area contributed by atoms with E-state index >= 15 is 0 Å². The van der Waals surface area contributed by atoms with Crippen molar-refractivity contribution in [3.63, 3.8) is 0 Å². The molecule has 0 aliphatic carbocycles. The average molecular weight is 418 g/mol. The molecule has 0 atom stereocenters. The van der Waals surface area contributed by atoms with Crippen LogP contribution in [0.1, 0.15) is 91.9 Å². The minimum absolute atomic E-state index is 0.151. The molecule has 0 bridgehead atoms. The fourth-order valence-corrected chi connectivity index (χ4v) is 4.12. The molecule has 5 nitrogen and oxygen atoms in total. The predicted molar refractivity (Wildman–Crippen MR) is 118 cm³/mol. The van der Waals surface area contributed by atoms with Crippen LogP contribution in [0.4, 0.5) is 5.69 Å². The first-order valence-electron chi connectivity index (χ1n) is 9.90. The number of rotatable bonds is 6. The van der Waals surface area contributed by atoms with Gasteiger partial charge in [0.1, 0.15) is 0 Å². The molecule has 0 radical (unpaired) electrons. The molecule has 1 amide bonds. The number of amides is 1. The van der Waals surface area contributed by atoms with E-state index in [0.717, 1.165) is 11.1 Å². The molecule has 0 aliphatic rings. The number of anilines is 1. The number of aryl methyl sites for hydroxylation is 1. The molecule has 0 saturated heterocycles. The summed E-state index contributed by atoms with van der Waals surface area (Å²) >= 11 is 0. The van der Waals surface area contributed by atoms with Crippen LogP contribution in [-0.2, 0) is 10.1 Å². The molecule has 6 heteroatoms. The molecule has 0 aromatic heterocycles. The summed E-state index contributed by atoms with van der Waals surface area (Å²) in [6, 6.07) is 8.67. The maximum atomic E-state index is 13.3. The highest BCUT2D eigenvalue weighted by atomic mass is 32.2. The Morgan fingerprint density at radius 2 is 1.41 bits per heavy atom. The van der Waals surface area contributed by atoms with Gasteiger partial charge in [-0.25, -0.2) is 0 Å². The molecule has 158 valence electrons. The predicted octanol–water partition coefficient (Wildman–Crippen LogP) is 5.86. The van der Waals surface area contributed by atoms with Crippen LogP contribution in [0.5, 0.6) is 0 Å². The van der Waals surface area contributed by atoms with Crippen LogP contribution in [0.15, 0.2) is 35.2 Å². The molecule has 0 spiro atoms. The van der Waals surface area contributed by atoms with Gasteiger partial charge in [-0.3, -0.25) is 9.35 Å². The lowest BCUT2D eigenvalue weighted by Crippen LogP contribution is -2.19. The Balaban J connectivity index is 2.58. The van der Waals surface area contributed by atoms with Gasteiger partial charge in [-0.15, -0.1) is 0 Å². The third-order valence-electron chi connectivity index (χ3n) is 5.08. The molecule has 2 aromatic carbocycles. The van der Waals surface area contributed by atoms with Crippen molar-refractivity contribution in [2.45, 2.75) is 71.1 Å². The van der Waals surface area contributed by atoms with Crippen LogP contribution in [-0.4, -0.2) is 18.9 Å². The molecule has 2 rings (SSSR count). The molecule has 0 saturated carbocycles. The topological polar surface area (TPSA) is 83.5 Å². The molecule has 0 fully saturated rings. The van der Waals surface area contributed by atoms with Gasteiger partial charge in [-0.1, -0.05) is 59.7 Å². The van der Waals surface area contributed by atoms with E-state index in [1.807, 2.05) is 0 Å². The van der Waals surface area contributed by atoms with Crippen molar-refractivity contribution in [1.29, 1.82) is 0 Å². The summed E-state index contributed by atoms with van der Waals surface area (Å²) < 4.78 is 32.6. The Hall–Kier alpha value is -2.18. The Morgan fingerprint density at radius 1 is 0.897 bits per heavy atom.